The molecule has 0 saturated carbocycles. The van der Waals surface area contributed by atoms with Crippen molar-refractivity contribution in [1.29, 1.82) is 0 Å². The topological polar surface area (TPSA) is 64.9 Å². The van der Waals surface area contributed by atoms with Crippen LogP contribution in [0.4, 0.5) is 5.69 Å². The summed E-state index contributed by atoms with van der Waals surface area (Å²) >= 11 is 5.95. The largest absolute Gasteiger partial charge is 0.436 e. The van der Waals surface area contributed by atoms with Crippen molar-refractivity contribution in [2.24, 2.45) is 0 Å². The van der Waals surface area contributed by atoms with E-state index in [1.807, 2.05) is 19.1 Å². The van der Waals surface area contributed by atoms with Crippen LogP contribution in [0, 0.1) is 6.92 Å². The van der Waals surface area contributed by atoms with E-state index in [1.54, 1.807) is 18.3 Å². The Morgan fingerprint density at radius 3 is 2.89 bits per heavy atom. The second kappa shape index (κ2) is 3.99. The van der Waals surface area contributed by atoms with Crippen LogP contribution >= 0.6 is 11.6 Å². The van der Waals surface area contributed by atoms with Gasteiger partial charge in [-0.25, -0.2) is 4.98 Å². The highest BCUT2D eigenvalue weighted by atomic mass is 35.5. The molecular weight excluding hydrogens is 250 g/mol. The molecule has 2 aromatic heterocycles. The minimum absolute atomic E-state index is 0.480. The minimum atomic E-state index is 0.480. The number of oxazole rings is 1. The number of benzene rings is 1. The van der Waals surface area contributed by atoms with Gasteiger partial charge in [0, 0.05) is 23.5 Å². The predicted octanol–water partition coefficient (Wildman–Crippen LogP) is 3.43. The number of hydrogen-bond donors (Lipinski definition) is 1. The number of nitrogen functional groups attached to an aromatic ring is 1. The first-order chi connectivity index (χ1) is 8.63. The van der Waals surface area contributed by atoms with Gasteiger partial charge in [0.05, 0.1) is 10.7 Å². The van der Waals surface area contributed by atoms with Gasteiger partial charge >= 0.3 is 0 Å². The van der Waals surface area contributed by atoms with Gasteiger partial charge in [0.25, 0.3) is 0 Å². The fourth-order valence-corrected chi connectivity index (χ4v) is 1.92. The molecule has 5 heteroatoms. The molecule has 0 saturated heterocycles. The number of aromatic nitrogens is 2. The Morgan fingerprint density at radius 2 is 2.11 bits per heavy atom. The average Bonchev–Trinajstić information content (AvgIpc) is 2.73. The van der Waals surface area contributed by atoms with Gasteiger partial charge in [0.1, 0.15) is 5.52 Å². The molecule has 18 heavy (non-hydrogen) atoms. The fraction of sp³-hybridized carbons (Fsp3) is 0.0769. The molecule has 0 fully saturated rings. The van der Waals surface area contributed by atoms with Crippen molar-refractivity contribution in [1.82, 2.24) is 9.97 Å². The molecule has 0 aliphatic carbocycles. The van der Waals surface area contributed by atoms with E-state index in [1.165, 1.54) is 0 Å². The molecular formula is C13H10ClN3O. The molecule has 1 aromatic carbocycles. The lowest BCUT2D eigenvalue weighted by Gasteiger charge is -1.95. The van der Waals surface area contributed by atoms with Gasteiger partial charge in [0.2, 0.25) is 5.89 Å². The van der Waals surface area contributed by atoms with Gasteiger partial charge in [-0.3, -0.25) is 4.98 Å². The summed E-state index contributed by atoms with van der Waals surface area (Å²) < 4.78 is 5.67. The molecule has 2 N–H and O–H groups in total. The molecule has 0 bridgehead atoms. The molecule has 2 heterocycles. The van der Waals surface area contributed by atoms with Gasteiger partial charge in [-0.2, -0.15) is 0 Å². The van der Waals surface area contributed by atoms with Gasteiger partial charge < -0.3 is 10.2 Å². The zero-order chi connectivity index (χ0) is 12.7. The van der Waals surface area contributed by atoms with Gasteiger partial charge in [-0.1, -0.05) is 11.6 Å². The summed E-state index contributed by atoms with van der Waals surface area (Å²) in [6, 6.07) is 7.15. The smallest absolute Gasteiger partial charge is 0.227 e. The van der Waals surface area contributed by atoms with Crippen LogP contribution in [0.2, 0.25) is 5.02 Å². The predicted molar refractivity (Wildman–Crippen MR) is 71.4 cm³/mol. The Labute approximate surface area is 108 Å². The number of nitrogens with zero attached hydrogens (tertiary/aromatic N) is 2. The SMILES string of the molecule is Cc1cc(-c2nc3cc(Cl)c(N)cc3o2)ccn1. The van der Waals surface area contributed by atoms with Gasteiger partial charge in [0.15, 0.2) is 5.58 Å². The van der Waals surface area contributed by atoms with Crippen molar-refractivity contribution in [2.45, 2.75) is 6.92 Å². The zero-order valence-electron chi connectivity index (χ0n) is 9.64. The normalized spacial score (nSPS) is 11.0. The van der Waals surface area contributed by atoms with Crippen LogP contribution in [0.3, 0.4) is 0 Å². The molecule has 0 aliphatic rings. The Kier molecular flexibility index (Phi) is 2.45. The third-order valence-corrected chi connectivity index (χ3v) is 2.98. The molecule has 0 amide bonds. The van der Waals surface area contributed by atoms with Crippen molar-refractivity contribution in [3.63, 3.8) is 0 Å². The summed E-state index contributed by atoms with van der Waals surface area (Å²) in [5.41, 5.74) is 9.32. The highest BCUT2D eigenvalue weighted by molar-refractivity contribution is 6.33. The number of hydrogen-bond acceptors (Lipinski definition) is 4. The van der Waals surface area contributed by atoms with Gasteiger partial charge in [-0.15, -0.1) is 0 Å². The van der Waals surface area contributed by atoms with E-state index in [-0.39, 0.29) is 0 Å². The quantitative estimate of drug-likeness (QED) is 0.680. The lowest BCUT2D eigenvalue weighted by molar-refractivity contribution is 0.620. The number of pyridine rings is 1. The minimum Gasteiger partial charge on any atom is -0.436 e. The molecule has 0 radical (unpaired) electrons. The molecule has 4 nitrogen and oxygen atoms in total. The number of fused-ring (bicyclic) bond motifs is 1. The first kappa shape index (κ1) is 11.0. The second-order valence-electron chi connectivity index (χ2n) is 4.05. The number of aryl methyl sites for hydroxylation is 1. The third-order valence-electron chi connectivity index (χ3n) is 2.65. The molecule has 0 aliphatic heterocycles. The van der Waals surface area contributed by atoms with Crippen LogP contribution in [-0.4, -0.2) is 9.97 Å². The van der Waals surface area contributed by atoms with E-state index in [0.29, 0.717) is 27.7 Å². The van der Waals surface area contributed by atoms with Crippen LogP contribution in [0.1, 0.15) is 5.69 Å². The number of anilines is 1. The Morgan fingerprint density at radius 1 is 1.28 bits per heavy atom. The van der Waals surface area contributed by atoms with Crippen molar-refractivity contribution in [3.8, 4) is 11.5 Å². The molecule has 0 spiro atoms. The number of rotatable bonds is 1. The van der Waals surface area contributed by atoms with Crippen molar-refractivity contribution >= 4 is 28.4 Å². The fourth-order valence-electron chi connectivity index (χ4n) is 1.77. The van der Waals surface area contributed by atoms with E-state index in [9.17, 15) is 0 Å². The first-order valence-electron chi connectivity index (χ1n) is 5.42. The lowest BCUT2D eigenvalue weighted by atomic mass is 10.2. The van der Waals surface area contributed by atoms with Crippen molar-refractivity contribution in [3.05, 3.63) is 41.2 Å². The number of nitrogens with two attached hydrogens (primary N) is 1. The molecule has 3 aromatic rings. The van der Waals surface area contributed by atoms with Crippen LogP contribution < -0.4 is 5.73 Å². The molecule has 3 rings (SSSR count). The lowest BCUT2D eigenvalue weighted by Crippen LogP contribution is -1.84. The van der Waals surface area contributed by atoms with E-state index in [2.05, 4.69) is 9.97 Å². The summed E-state index contributed by atoms with van der Waals surface area (Å²) in [6.07, 6.45) is 1.72. The molecule has 0 unspecified atom stereocenters. The summed E-state index contributed by atoms with van der Waals surface area (Å²) in [7, 11) is 0. The maximum atomic E-state index is 5.95. The number of halogens is 1. The second-order valence-corrected chi connectivity index (χ2v) is 4.45. The van der Waals surface area contributed by atoms with Crippen LogP contribution in [0.5, 0.6) is 0 Å². The summed E-state index contributed by atoms with van der Waals surface area (Å²) in [4.78, 5) is 8.53. The van der Waals surface area contributed by atoms with E-state index >= 15 is 0 Å². The highest BCUT2D eigenvalue weighted by Gasteiger charge is 2.10. The summed E-state index contributed by atoms with van der Waals surface area (Å²) in [5, 5.41) is 0.480. The van der Waals surface area contributed by atoms with Gasteiger partial charge in [-0.05, 0) is 25.1 Å². The standard InChI is InChI=1S/C13H10ClN3O/c1-7-4-8(2-3-16-7)13-17-11-5-9(14)10(15)6-12(11)18-13/h2-6H,15H2,1H3. The third kappa shape index (κ3) is 1.80. The van der Waals surface area contributed by atoms with Crippen molar-refractivity contribution < 1.29 is 4.42 Å². The van der Waals surface area contributed by atoms with E-state index < -0.39 is 0 Å². The summed E-state index contributed by atoms with van der Waals surface area (Å²) in [5.74, 6) is 0.539. The molecule has 90 valence electrons. The highest BCUT2D eigenvalue weighted by Crippen LogP contribution is 2.29. The van der Waals surface area contributed by atoms with Crippen LogP contribution in [-0.2, 0) is 0 Å². The van der Waals surface area contributed by atoms with Crippen LogP contribution in [0.25, 0.3) is 22.6 Å². The Bertz CT molecular complexity index is 697. The summed E-state index contributed by atoms with van der Waals surface area (Å²) in [6.45, 7) is 1.92. The monoisotopic (exact) mass is 259 g/mol. The molecule has 0 atom stereocenters. The van der Waals surface area contributed by atoms with Crippen molar-refractivity contribution in [2.75, 3.05) is 5.73 Å². The average molecular weight is 260 g/mol. The maximum absolute atomic E-state index is 5.95. The Balaban J connectivity index is 2.19. The maximum Gasteiger partial charge on any atom is 0.227 e. The van der Waals surface area contributed by atoms with E-state index in [4.69, 9.17) is 21.8 Å². The zero-order valence-corrected chi connectivity index (χ0v) is 10.4. The van der Waals surface area contributed by atoms with E-state index in [0.717, 1.165) is 11.3 Å². The van der Waals surface area contributed by atoms with Crippen LogP contribution in [0.15, 0.2) is 34.9 Å². The Hall–Kier alpha value is -2.07. The first-order valence-corrected chi connectivity index (χ1v) is 5.80.